The molecule has 0 spiro atoms. The van der Waals surface area contributed by atoms with E-state index in [4.69, 9.17) is 15.1 Å². The van der Waals surface area contributed by atoms with Gasteiger partial charge in [-0.25, -0.2) is 4.79 Å². The van der Waals surface area contributed by atoms with Crippen LogP contribution < -0.4 is 0 Å². The van der Waals surface area contributed by atoms with Crippen LogP contribution in [0, 0.1) is 11.3 Å². The van der Waals surface area contributed by atoms with Crippen molar-refractivity contribution in [2.75, 3.05) is 0 Å². The van der Waals surface area contributed by atoms with E-state index in [0.717, 1.165) is 0 Å². The highest BCUT2D eigenvalue weighted by Gasteiger charge is 2.11. The Bertz CT molecular complexity index is 395. The largest absolute Gasteiger partial charge is 0.479 e. The summed E-state index contributed by atoms with van der Waals surface area (Å²) < 4.78 is 5.08. The molecular formula is C11H11NO3. The summed E-state index contributed by atoms with van der Waals surface area (Å²) >= 11 is 0. The summed E-state index contributed by atoms with van der Waals surface area (Å²) in [4.78, 5) is 10.5. The summed E-state index contributed by atoms with van der Waals surface area (Å²) in [6, 6.07) is 8.97. The zero-order valence-corrected chi connectivity index (χ0v) is 8.30. The topological polar surface area (TPSA) is 70.3 Å². The zero-order chi connectivity index (χ0) is 11.3. The fourth-order valence-corrected chi connectivity index (χ4v) is 1.04. The van der Waals surface area contributed by atoms with E-state index in [2.05, 4.69) is 0 Å². The molecule has 15 heavy (non-hydrogen) atoms. The van der Waals surface area contributed by atoms with E-state index in [-0.39, 0.29) is 6.61 Å². The van der Waals surface area contributed by atoms with Crippen LogP contribution in [0.5, 0.6) is 0 Å². The molecule has 0 aliphatic rings. The third kappa shape index (κ3) is 3.08. The quantitative estimate of drug-likeness (QED) is 0.809. The van der Waals surface area contributed by atoms with Crippen molar-refractivity contribution in [3.63, 3.8) is 0 Å². The molecule has 0 saturated heterocycles. The lowest BCUT2D eigenvalue weighted by molar-refractivity contribution is -0.149. The molecule has 1 rings (SSSR count). The predicted molar refractivity (Wildman–Crippen MR) is 53.0 cm³/mol. The van der Waals surface area contributed by atoms with Gasteiger partial charge < -0.3 is 9.84 Å². The summed E-state index contributed by atoms with van der Waals surface area (Å²) in [6.07, 6.45) is -0.864. The van der Waals surface area contributed by atoms with Crippen LogP contribution in [0.25, 0.3) is 0 Å². The Kier molecular flexibility index (Phi) is 3.83. The molecule has 0 fully saturated rings. The van der Waals surface area contributed by atoms with Gasteiger partial charge in [-0.1, -0.05) is 18.2 Å². The molecule has 0 aliphatic carbocycles. The Hall–Kier alpha value is -1.86. The Labute approximate surface area is 87.7 Å². The third-order valence-corrected chi connectivity index (χ3v) is 1.97. The Morgan fingerprint density at radius 2 is 2.27 bits per heavy atom. The van der Waals surface area contributed by atoms with Crippen molar-refractivity contribution in [2.45, 2.75) is 19.6 Å². The van der Waals surface area contributed by atoms with Crippen LogP contribution in [-0.4, -0.2) is 17.2 Å². The zero-order valence-electron chi connectivity index (χ0n) is 8.30. The van der Waals surface area contributed by atoms with E-state index < -0.39 is 12.1 Å². The van der Waals surface area contributed by atoms with Crippen LogP contribution in [0.1, 0.15) is 18.1 Å². The highest BCUT2D eigenvalue weighted by atomic mass is 16.5. The number of carbonyl (C=O) groups is 1. The molecule has 1 aromatic rings. The van der Waals surface area contributed by atoms with Crippen molar-refractivity contribution < 1.29 is 14.6 Å². The van der Waals surface area contributed by atoms with Gasteiger partial charge in [-0.3, -0.25) is 0 Å². The van der Waals surface area contributed by atoms with E-state index in [9.17, 15) is 4.79 Å². The average molecular weight is 205 g/mol. The lowest BCUT2D eigenvalue weighted by Crippen LogP contribution is -2.19. The predicted octanol–water partition coefficient (Wildman–Crippen LogP) is 1.55. The van der Waals surface area contributed by atoms with Crippen molar-refractivity contribution in [3.8, 4) is 6.07 Å². The number of benzene rings is 1. The second-order valence-electron chi connectivity index (χ2n) is 3.06. The van der Waals surface area contributed by atoms with E-state index in [1.54, 1.807) is 24.3 Å². The lowest BCUT2D eigenvalue weighted by atomic mass is 10.1. The molecule has 0 aromatic heterocycles. The third-order valence-electron chi connectivity index (χ3n) is 1.97. The summed E-state index contributed by atoms with van der Waals surface area (Å²) in [6.45, 7) is 1.59. The van der Waals surface area contributed by atoms with Crippen LogP contribution in [0.2, 0.25) is 0 Å². The number of nitrogens with zero attached hydrogens (tertiary/aromatic N) is 1. The molecule has 0 amide bonds. The normalized spacial score (nSPS) is 11.7. The fourth-order valence-electron chi connectivity index (χ4n) is 1.04. The lowest BCUT2D eigenvalue weighted by Gasteiger charge is -2.08. The fraction of sp³-hybridized carbons (Fsp3) is 0.273. The van der Waals surface area contributed by atoms with E-state index in [1.165, 1.54) is 6.92 Å². The SMILES string of the molecule is CC(OCc1ccccc1C#N)C(=O)O. The minimum absolute atomic E-state index is 0.136. The average Bonchev–Trinajstić information content (AvgIpc) is 2.26. The molecule has 0 heterocycles. The number of carboxylic acid groups (broad SMARTS) is 1. The van der Waals surface area contributed by atoms with Gasteiger partial charge in [0, 0.05) is 0 Å². The molecule has 4 nitrogen and oxygen atoms in total. The summed E-state index contributed by atoms with van der Waals surface area (Å²) in [7, 11) is 0. The number of nitriles is 1. The van der Waals surface area contributed by atoms with Gasteiger partial charge in [0.05, 0.1) is 18.2 Å². The van der Waals surface area contributed by atoms with E-state index >= 15 is 0 Å². The molecule has 0 saturated carbocycles. The van der Waals surface area contributed by atoms with Crippen molar-refractivity contribution >= 4 is 5.97 Å². The number of rotatable bonds is 4. The number of aliphatic carboxylic acids is 1. The van der Waals surface area contributed by atoms with E-state index in [0.29, 0.717) is 11.1 Å². The van der Waals surface area contributed by atoms with Gasteiger partial charge in [0.2, 0.25) is 0 Å². The van der Waals surface area contributed by atoms with Gasteiger partial charge in [-0.05, 0) is 18.6 Å². The first-order valence-electron chi connectivity index (χ1n) is 4.47. The van der Waals surface area contributed by atoms with Gasteiger partial charge in [-0.15, -0.1) is 0 Å². The number of hydrogen-bond donors (Lipinski definition) is 1. The summed E-state index contributed by atoms with van der Waals surface area (Å²) in [5, 5.41) is 17.4. The summed E-state index contributed by atoms with van der Waals surface area (Å²) in [5.41, 5.74) is 1.21. The van der Waals surface area contributed by atoms with Crippen LogP contribution in [0.4, 0.5) is 0 Å². The van der Waals surface area contributed by atoms with Crippen LogP contribution in [0.3, 0.4) is 0 Å². The maximum absolute atomic E-state index is 10.5. The van der Waals surface area contributed by atoms with E-state index in [1.807, 2.05) is 6.07 Å². The number of carboxylic acids is 1. The minimum Gasteiger partial charge on any atom is -0.479 e. The number of ether oxygens (including phenoxy) is 1. The molecule has 0 aliphatic heterocycles. The van der Waals surface area contributed by atoms with Gasteiger partial charge in [0.1, 0.15) is 0 Å². The first kappa shape index (κ1) is 11.2. The smallest absolute Gasteiger partial charge is 0.332 e. The molecule has 1 aromatic carbocycles. The monoisotopic (exact) mass is 205 g/mol. The van der Waals surface area contributed by atoms with Crippen molar-refractivity contribution in [1.29, 1.82) is 5.26 Å². The molecule has 0 bridgehead atoms. The molecule has 4 heteroatoms. The highest BCUT2D eigenvalue weighted by molar-refractivity contribution is 5.71. The number of hydrogen-bond acceptors (Lipinski definition) is 3. The first-order chi connectivity index (χ1) is 7.15. The molecule has 1 N–H and O–H groups in total. The molecule has 1 atom stereocenters. The standard InChI is InChI=1S/C11H11NO3/c1-8(11(13)14)15-7-10-5-3-2-4-9(10)6-12/h2-5,8H,7H2,1H3,(H,13,14). The Morgan fingerprint density at radius 1 is 1.60 bits per heavy atom. The van der Waals surface area contributed by atoms with Gasteiger partial charge in [-0.2, -0.15) is 5.26 Å². The van der Waals surface area contributed by atoms with Gasteiger partial charge in [0.25, 0.3) is 0 Å². The highest BCUT2D eigenvalue weighted by Crippen LogP contribution is 2.09. The molecule has 1 unspecified atom stereocenters. The van der Waals surface area contributed by atoms with Crippen molar-refractivity contribution in [3.05, 3.63) is 35.4 Å². The maximum Gasteiger partial charge on any atom is 0.332 e. The van der Waals surface area contributed by atoms with Gasteiger partial charge in [0.15, 0.2) is 6.10 Å². The van der Waals surface area contributed by atoms with Crippen LogP contribution in [-0.2, 0) is 16.1 Å². The summed E-state index contributed by atoms with van der Waals surface area (Å²) in [5.74, 6) is -1.01. The Morgan fingerprint density at radius 3 is 2.87 bits per heavy atom. The maximum atomic E-state index is 10.5. The second kappa shape index (κ2) is 5.13. The van der Waals surface area contributed by atoms with Crippen molar-refractivity contribution in [1.82, 2.24) is 0 Å². The van der Waals surface area contributed by atoms with Crippen LogP contribution >= 0.6 is 0 Å². The molecule has 0 radical (unpaired) electrons. The minimum atomic E-state index is -1.01. The van der Waals surface area contributed by atoms with Crippen molar-refractivity contribution in [2.24, 2.45) is 0 Å². The second-order valence-corrected chi connectivity index (χ2v) is 3.06. The first-order valence-corrected chi connectivity index (χ1v) is 4.47. The Balaban J connectivity index is 2.66. The van der Waals surface area contributed by atoms with Crippen LogP contribution in [0.15, 0.2) is 24.3 Å². The van der Waals surface area contributed by atoms with Gasteiger partial charge >= 0.3 is 5.97 Å². The molecule has 78 valence electrons. The molecular weight excluding hydrogens is 194 g/mol.